The predicted molar refractivity (Wildman–Crippen MR) is 71.3 cm³/mol. The summed E-state index contributed by atoms with van der Waals surface area (Å²) in [6, 6.07) is 0. The van der Waals surface area contributed by atoms with Gasteiger partial charge in [-0.25, -0.2) is 0 Å². The maximum atomic E-state index is 5.69. The van der Waals surface area contributed by atoms with Gasteiger partial charge in [0, 0.05) is 31.8 Å². The number of ether oxygens (including phenoxy) is 1. The van der Waals surface area contributed by atoms with Crippen LogP contribution in [0.4, 0.5) is 0 Å². The molecule has 100 valence electrons. The molecule has 0 amide bonds. The Morgan fingerprint density at radius 3 is 2.94 bits per heavy atom. The summed E-state index contributed by atoms with van der Waals surface area (Å²) < 4.78 is 5.69. The molecule has 0 aromatic heterocycles. The Hall–Kier alpha value is -0.120. The van der Waals surface area contributed by atoms with E-state index in [9.17, 15) is 0 Å². The highest BCUT2D eigenvalue weighted by Crippen LogP contribution is 2.28. The van der Waals surface area contributed by atoms with E-state index in [4.69, 9.17) is 4.74 Å². The molecule has 0 radical (unpaired) electrons. The Balaban J connectivity index is 1.56. The summed E-state index contributed by atoms with van der Waals surface area (Å²) in [4.78, 5) is 2.58. The van der Waals surface area contributed by atoms with Crippen LogP contribution in [0.2, 0.25) is 0 Å². The summed E-state index contributed by atoms with van der Waals surface area (Å²) in [6.45, 7) is 11.3. The molecule has 0 spiro atoms. The van der Waals surface area contributed by atoms with Crippen molar-refractivity contribution in [2.24, 2.45) is 5.92 Å². The van der Waals surface area contributed by atoms with Crippen molar-refractivity contribution in [1.29, 1.82) is 0 Å². The van der Waals surface area contributed by atoms with Gasteiger partial charge in [-0.3, -0.25) is 0 Å². The summed E-state index contributed by atoms with van der Waals surface area (Å²) in [5.74, 6) is 0.899. The van der Waals surface area contributed by atoms with E-state index in [0.29, 0.717) is 0 Å². The molecule has 2 fully saturated rings. The zero-order valence-electron chi connectivity index (χ0n) is 11.5. The van der Waals surface area contributed by atoms with E-state index in [0.717, 1.165) is 32.2 Å². The number of nitrogens with zero attached hydrogens (tertiary/aromatic N) is 1. The molecular weight excluding hydrogens is 212 g/mol. The van der Waals surface area contributed by atoms with E-state index in [1.807, 2.05) is 0 Å². The molecule has 0 bridgehead atoms. The topological polar surface area (TPSA) is 24.5 Å². The average Bonchev–Trinajstić information content (AvgIpc) is 3.06. The van der Waals surface area contributed by atoms with Crippen molar-refractivity contribution in [2.45, 2.75) is 45.1 Å². The van der Waals surface area contributed by atoms with Crippen LogP contribution in [0.25, 0.3) is 0 Å². The second-order valence-corrected chi connectivity index (χ2v) is 6.31. The lowest BCUT2D eigenvalue weighted by Crippen LogP contribution is -2.46. The highest BCUT2D eigenvalue weighted by atomic mass is 16.5. The third-order valence-corrected chi connectivity index (χ3v) is 3.69. The van der Waals surface area contributed by atoms with Crippen LogP contribution < -0.4 is 5.32 Å². The van der Waals surface area contributed by atoms with Gasteiger partial charge in [-0.1, -0.05) is 0 Å². The Morgan fingerprint density at radius 1 is 1.35 bits per heavy atom. The fourth-order valence-corrected chi connectivity index (χ4v) is 2.54. The van der Waals surface area contributed by atoms with Crippen LogP contribution in [0.1, 0.15) is 39.5 Å². The molecule has 0 unspecified atom stereocenters. The summed E-state index contributed by atoms with van der Waals surface area (Å²) in [5, 5.41) is 3.60. The van der Waals surface area contributed by atoms with Gasteiger partial charge in [0.15, 0.2) is 0 Å². The Labute approximate surface area is 106 Å². The second-order valence-electron chi connectivity index (χ2n) is 6.31. The zero-order chi connectivity index (χ0) is 12.1. The van der Waals surface area contributed by atoms with Crippen LogP contribution in [0.3, 0.4) is 0 Å². The molecule has 0 aromatic rings. The summed E-state index contributed by atoms with van der Waals surface area (Å²) in [6.07, 6.45) is 5.24. The molecule has 2 aliphatic rings. The zero-order valence-corrected chi connectivity index (χ0v) is 11.5. The van der Waals surface area contributed by atoms with Crippen LogP contribution >= 0.6 is 0 Å². The van der Waals surface area contributed by atoms with Crippen molar-refractivity contribution >= 4 is 0 Å². The molecule has 1 aliphatic carbocycles. The normalized spacial score (nSPS) is 25.8. The van der Waals surface area contributed by atoms with Crippen LogP contribution in [0, 0.1) is 5.92 Å². The SMILES string of the molecule is CC1(C)CN(CCCOCC2CC2)CCCN1. The first-order valence-electron chi connectivity index (χ1n) is 7.21. The van der Waals surface area contributed by atoms with E-state index < -0.39 is 0 Å². The van der Waals surface area contributed by atoms with Gasteiger partial charge in [0.1, 0.15) is 0 Å². The first kappa shape index (κ1) is 13.3. The van der Waals surface area contributed by atoms with Gasteiger partial charge in [-0.2, -0.15) is 0 Å². The molecule has 3 heteroatoms. The number of hydrogen-bond acceptors (Lipinski definition) is 3. The van der Waals surface area contributed by atoms with Crippen LogP contribution in [0.15, 0.2) is 0 Å². The quantitative estimate of drug-likeness (QED) is 0.717. The lowest BCUT2D eigenvalue weighted by atomic mass is 10.1. The Kier molecular flexibility index (Phi) is 4.83. The lowest BCUT2D eigenvalue weighted by molar-refractivity contribution is 0.110. The van der Waals surface area contributed by atoms with Crippen LogP contribution in [-0.4, -0.2) is 49.8 Å². The molecule has 1 N–H and O–H groups in total. The molecule has 1 saturated carbocycles. The van der Waals surface area contributed by atoms with Gasteiger partial charge in [-0.15, -0.1) is 0 Å². The van der Waals surface area contributed by atoms with Gasteiger partial charge in [0.05, 0.1) is 0 Å². The monoisotopic (exact) mass is 240 g/mol. The van der Waals surface area contributed by atoms with Crippen LogP contribution in [-0.2, 0) is 4.74 Å². The van der Waals surface area contributed by atoms with Gasteiger partial charge < -0.3 is 15.0 Å². The van der Waals surface area contributed by atoms with Gasteiger partial charge in [0.2, 0.25) is 0 Å². The van der Waals surface area contributed by atoms with Gasteiger partial charge in [0.25, 0.3) is 0 Å². The molecule has 3 nitrogen and oxygen atoms in total. The number of hydrogen-bond donors (Lipinski definition) is 1. The average molecular weight is 240 g/mol. The van der Waals surface area contributed by atoms with Crippen molar-refractivity contribution in [3.63, 3.8) is 0 Å². The van der Waals surface area contributed by atoms with E-state index in [2.05, 4.69) is 24.1 Å². The molecule has 1 heterocycles. The summed E-state index contributed by atoms with van der Waals surface area (Å²) >= 11 is 0. The van der Waals surface area contributed by atoms with Crippen molar-refractivity contribution < 1.29 is 4.74 Å². The molecular formula is C14H28N2O. The Bertz CT molecular complexity index is 226. The van der Waals surface area contributed by atoms with Gasteiger partial charge >= 0.3 is 0 Å². The number of nitrogens with one attached hydrogen (secondary N) is 1. The first-order valence-corrected chi connectivity index (χ1v) is 7.21. The molecule has 2 rings (SSSR count). The molecule has 17 heavy (non-hydrogen) atoms. The predicted octanol–water partition coefficient (Wildman–Crippen LogP) is 1.88. The van der Waals surface area contributed by atoms with E-state index in [1.165, 1.54) is 38.8 Å². The second kappa shape index (κ2) is 6.17. The van der Waals surface area contributed by atoms with E-state index in [-0.39, 0.29) is 5.54 Å². The van der Waals surface area contributed by atoms with Crippen molar-refractivity contribution in [1.82, 2.24) is 10.2 Å². The minimum atomic E-state index is 0.269. The highest BCUT2D eigenvalue weighted by Gasteiger charge is 2.23. The Morgan fingerprint density at radius 2 is 2.18 bits per heavy atom. The smallest absolute Gasteiger partial charge is 0.0494 e. The first-order chi connectivity index (χ1) is 8.16. The lowest BCUT2D eigenvalue weighted by Gasteiger charge is -2.29. The molecule has 1 saturated heterocycles. The van der Waals surface area contributed by atoms with E-state index in [1.54, 1.807) is 0 Å². The van der Waals surface area contributed by atoms with Crippen molar-refractivity contribution in [3.05, 3.63) is 0 Å². The molecule has 0 aromatic carbocycles. The minimum absolute atomic E-state index is 0.269. The number of rotatable bonds is 6. The summed E-state index contributed by atoms with van der Waals surface area (Å²) in [5.41, 5.74) is 0.269. The van der Waals surface area contributed by atoms with Crippen molar-refractivity contribution in [2.75, 3.05) is 39.4 Å². The van der Waals surface area contributed by atoms with Crippen molar-refractivity contribution in [3.8, 4) is 0 Å². The largest absolute Gasteiger partial charge is 0.381 e. The maximum absolute atomic E-state index is 5.69. The fourth-order valence-electron chi connectivity index (χ4n) is 2.54. The minimum Gasteiger partial charge on any atom is -0.381 e. The molecule has 0 atom stereocenters. The fraction of sp³-hybridized carbons (Fsp3) is 1.00. The highest BCUT2D eigenvalue weighted by molar-refractivity contribution is 4.84. The van der Waals surface area contributed by atoms with E-state index >= 15 is 0 Å². The standard InChI is InChI=1S/C14H28N2O/c1-14(2)12-16(8-3-7-15-14)9-4-10-17-11-13-5-6-13/h13,15H,3-12H2,1-2H3. The maximum Gasteiger partial charge on any atom is 0.0494 e. The third-order valence-electron chi connectivity index (χ3n) is 3.69. The van der Waals surface area contributed by atoms with Gasteiger partial charge in [-0.05, 0) is 58.5 Å². The third kappa shape index (κ3) is 5.36. The molecule has 1 aliphatic heterocycles. The van der Waals surface area contributed by atoms with Crippen LogP contribution in [0.5, 0.6) is 0 Å². The summed E-state index contributed by atoms with van der Waals surface area (Å²) in [7, 11) is 0.